The van der Waals surface area contributed by atoms with Crippen LogP contribution in [0.5, 0.6) is 23.0 Å². The number of primary amides is 1. The lowest BCUT2D eigenvalue weighted by atomic mass is 9.97. The highest BCUT2D eigenvalue weighted by Gasteiger charge is 2.27. The third-order valence-corrected chi connectivity index (χ3v) is 19.7. The van der Waals surface area contributed by atoms with E-state index in [4.69, 9.17) is 49.4 Å². The van der Waals surface area contributed by atoms with Crippen molar-refractivity contribution in [3.05, 3.63) is 261 Å². The number of unbranched alkanes of at least 4 members (excludes halogenated alkanes) is 4. The molecule has 8 amide bonds. The van der Waals surface area contributed by atoms with Crippen LogP contribution in [0.2, 0.25) is 0 Å². The molecule has 0 radical (unpaired) electrons. The van der Waals surface area contributed by atoms with Gasteiger partial charge in [-0.2, -0.15) is 0 Å². The molecule has 8 aromatic rings. The molecule has 0 aliphatic heterocycles. The Morgan fingerprint density at radius 1 is 0.344 bits per heavy atom. The second-order valence-electron chi connectivity index (χ2n) is 29.6. The molecule has 0 fully saturated rings. The molecule has 4 atom stereocenters. The van der Waals surface area contributed by atoms with Crippen molar-refractivity contribution in [3.8, 4) is 23.0 Å². The van der Waals surface area contributed by atoms with Gasteiger partial charge in [-0.1, -0.05) is 158 Å². The molecule has 0 saturated carbocycles. The molecule has 0 saturated heterocycles. The maximum absolute atomic E-state index is 13.9. The second kappa shape index (κ2) is 56.3. The van der Waals surface area contributed by atoms with Gasteiger partial charge in [0.25, 0.3) is 23.6 Å². The number of Topliss-reactive ketones (excluding diaryl/α,β-unsaturated/α-hetero) is 4. The van der Waals surface area contributed by atoms with Crippen molar-refractivity contribution in [3.63, 3.8) is 0 Å². The highest BCUT2D eigenvalue weighted by Crippen LogP contribution is 2.26. The summed E-state index contributed by atoms with van der Waals surface area (Å²) in [5.74, 6) is -0.883. The fourth-order valence-electron chi connectivity index (χ4n) is 12.8. The standard InChI is InChI=1S/C46H56N4O9.C39H50N4O8.C11H13NO3/c1-32-21-23-41(56-3)37(27-32)44(53)50-39(20-12-14-26-48-46(55)59-31-35-18-9-6-10-19-35)40(51)29-36-22-24-42(57-4)38(28-36)43(52)49-33(2)15-11-13-25-47-45(54)58-30-34-16-7-5-8-17-34;1-3-34(44)33(19-11-13-23-42-39(48)51-27-29-16-8-5-9-17-29)43-37(46)31-24-30(20-21-36(31)49-2)25-35(45)32(40)18-10-12-22-41-38(47)50-26-28-14-6-4-7-15-28;1-7(13)5-8-3-4-10(15-2)9(6-8)11(12)14/h5-10,16-19,21-24,27-28,33,39H,11-15,20,25-26,29-31H2,1-4H3,(H,47,54)(H,48,55)(H,49,52)(H,50,53);4-9,14-17,20-21,24,32-33H,3,10-13,18-19,22-23,25-27,40H2,1-2H3,(H,41,47)(H,42,48)(H,43,46);3-4,6H,5H2,1-2H3,(H2,12,14)/t33-,39+;32-,33-;/m10./s1. The van der Waals surface area contributed by atoms with E-state index in [1.807, 2.05) is 141 Å². The van der Waals surface area contributed by atoms with Gasteiger partial charge in [-0.15, -0.1) is 0 Å². The molecule has 0 spiro atoms. The summed E-state index contributed by atoms with van der Waals surface area (Å²) in [6.45, 7) is 9.23. The third-order valence-electron chi connectivity index (χ3n) is 19.7. The van der Waals surface area contributed by atoms with Gasteiger partial charge >= 0.3 is 24.4 Å². The molecule has 0 heterocycles. The fourth-order valence-corrected chi connectivity index (χ4v) is 12.8. The van der Waals surface area contributed by atoms with Crippen molar-refractivity contribution in [2.45, 2.75) is 181 Å². The second-order valence-corrected chi connectivity index (χ2v) is 29.6. The van der Waals surface area contributed by atoms with Crippen LogP contribution in [0.1, 0.15) is 190 Å². The number of nitrogens with one attached hydrogen (secondary N) is 7. The predicted octanol–water partition coefficient (Wildman–Crippen LogP) is 13.6. The van der Waals surface area contributed by atoms with E-state index < -0.39 is 60.2 Å². The first-order valence-corrected chi connectivity index (χ1v) is 41.8. The first-order chi connectivity index (χ1) is 60.3. The molecule has 11 N–H and O–H groups in total. The minimum atomic E-state index is -0.864. The summed E-state index contributed by atoms with van der Waals surface area (Å²) in [4.78, 5) is 150. The number of hydrogen-bond donors (Lipinski definition) is 9. The smallest absolute Gasteiger partial charge is 0.407 e. The Labute approximate surface area is 731 Å². The van der Waals surface area contributed by atoms with Gasteiger partial charge in [0, 0.05) is 57.9 Å². The molecular formula is C96H119N9O20. The van der Waals surface area contributed by atoms with E-state index in [1.54, 1.807) is 73.7 Å². The quantitative estimate of drug-likeness (QED) is 0.0126. The van der Waals surface area contributed by atoms with Crippen LogP contribution in [0.25, 0.3) is 0 Å². The van der Waals surface area contributed by atoms with E-state index in [-0.39, 0.29) is 91.9 Å². The minimum Gasteiger partial charge on any atom is -0.496 e. The molecule has 668 valence electrons. The van der Waals surface area contributed by atoms with Crippen LogP contribution in [-0.2, 0) is 83.8 Å². The Balaban J connectivity index is 0.000000333. The first kappa shape index (κ1) is 100. The number of carbonyl (C=O) groups is 12. The molecule has 0 aliphatic rings. The number of nitrogens with two attached hydrogens (primary N) is 2. The van der Waals surface area contributed by atoms with E-state index in [0.29, 0.717) is 148 Å². The minimum absolute atomic E-state index is 0.0214. The molecular weight excluding hydrogens is 1600 g/mol. The SMILES string of the molecule is CCC(=O)[C@H](CCCCNC(=O)OCc1ccccc1)NC(=O)c1cc(CC(=O)[C@@H](N)CCCCNC(=O)OCc2ccccc2)ccc1OC.COc1ccc(CC(=O)[C@H](CCCCNC(=O)OCc2ccccc2)NC(=O)c2cc(C)ccc2OC)cc1C(=O)N[C@H](C)CCCCNC(=O)OCc1ccccc1.COc1ccc(CC(C)=O)cc1C(N)=O. The Morgan fingerprint density at radius 3 is 1.02 bits per heavy atom. The molecule has 29 heteroatoms. The van der Waals surface area contributed by atoms with Crippen LogP contribution in [0.15, 0.2) is 194 Å². The van der Waals surface area contributed by atoms with Crippen molar-refractivity contribution in [2.75, 3.05) is 54.6 Å². The van der Waals surface area contributed by atoms with Crippen LogP contribution in [0.3, 0.4) is 0 Å². The zero-order valence-electron chi connectivity index (χ0n) is 72.6. The van der Waals surface area contributed by atoms with E-state index >= 15 is 0 Å². The maximum Gasteiger partial charge on any atom is 0.407 e. The maximum atomic E-state index is 13.9. The lowest BCUT2D eigenvalue weighted by Gasteiger charge is -2.20. The topological polar surface area (TPSA) is 415 Å². The molecule has 0 aliphatic carbocycles. The Kier molecular flexibility index (Phi) is 45.2. The largest absolute Gasteiger partial charge is 0.496 e. The van der Waals surface area contributed by atoms with Crippen LogP contribution in [-0.4, -0.2) is 150 Å². The molecule has 0 aromatic heterocycles. The molecule has 29 nitrogen and oxygen atoms in total. The van der Waals surface area contributed by atoms with Gasteiger partial charge in [-0.3, -0.25) is 38.4 Å². The first-order valence-electron chi connectivity index (χ1n) is 41.8. The van der Waals surface area contributed by atoms with Gasteiger partial charge in [0.1, 0.15) is 55.2 Å². The summed E-state index contributed by atoms with van der Waals surface area (Å²) in [6, 6.07) is 55.2. The van der Waals surface area contributed by atoms with Gasteiger partial charge in [0.05, 0.1) is 68.8 Å². The molecule has 0 bridgehead atoms. The summed E-state index contributed by atoms with van der Waals surface area (Å²) in [6.07, 6.45) is 5.20. The zero-order chi connectivity index (χ0) is 90.7. The summed E-state index contributed by atoms with van der Waals surface area (Å²) < 4.78 is 42.2. The lowest BCUT2D eigenvalue weighted by Crippen LogP contribution is -2.42. The van der Waals surface area contributed by atoms with Crippen molar-refractivity contribution < 1.29 is 95.4 Å². The lowest BCUT2D eigenvalue weighted by molar-refractivity contribution is -0.121. The van der Waals surface area contributed by atoms with Gasteiger partial charge in [0.15, 0.2) is 17.3 Å². The summed E-state index contributed by atoms with van der Waals surface area (Å²) in [5, 5.41) is 19.7. The number of rotatable bonds is 49. The summed E-state index contributed by atoms with van der Waals surface area (Å²) >= 11 is 0. The van der Waals surface area contributed by atoms with Gasteiger partial charge in [-0.25, -0.2) is 19.2 Å². The predicted molar refractivity (Wildman–Crippen MR) is 474 cm³/mol. The van der Waals surface area contributed by atoms with E-state index in [2.05, 4.69) is 37.2 Å². The molecule has 125 heavy (non-hydrogen) atoms. The Morgan fingerprint density at radius 2 is 0.656 bits per heavy atom. The normalized spacial score (nSPS) is 11.5. The number of ketones is 4. The number of aryl methyl sites for hydroxylation is 1. The van der Waals surface area contributed by atoms with E-state index in [9.17, 15) is 57.5 Å². The number of methoxy groups -OCH3 is 4. The summed E-state index contributed by atoms with van der Waals surface area (Å²) in [5.41, 5.74) is 18.8. The van der Waals surface area contributed by atoms with Crippen LogP contribution in [0.4, 0.5) is 19.2 Å². The third kappa shape index (κ3) is 38.3. The van der Waals surface area contributed by atoms with Crippen molar-refractivity contribution >= 4 is 71.1 Å². The zero-order valence-corrected chi connectivity index (χ0v) is 72.6. The highest BCUT2D eigenvalue weighted by molar-refractivity contribution is 6.02. The van der Waals surface area contributed by atoms with Gasteiger partial charge in [-0.05, 0) is 185 Å². The average molecular weight is 1720 g/mol. The van der Waals surface area contributed by atoms with E-state index in [0.717, 1.165) is 39.8 Å². The van der Waals surface area contributed by atoms with Crippen molar-refractivity contribution in [1.82, 2.24) is 37.2 Å². The average Bonchev–Trinajstić information content (AvgIpc) is 0.837. The molecule has 8 rings (SSSR count). The number of amides is 8. The number of hydrogen-bond acceptors (Lipinski definition) is 21. The highest BCUT2D eigenvalue weighted by atomic mass is 16.6. The fraction of sp³-hybridized carbons (Fsp3) is 0.375. The number of ether oxygens (including phenoxy) is 8. The Bertz CT molecular complexity index is 4770. The van der Waals surface area contributed by atoms with Gasteiger partial charge in [0.2, 0.25) is 0 Å². The van der Waals surface area contributed by atoms with Crippen LogP contribution in [0, 0.1) is 6.92 Å². The van der Waals surface area contributed by atoms with Crippen LogP contribution < -0.4 is 67.6 Å². The van der Waals surface area contributed by atoms with Crippen molar-refractivity contribution in [1.29, 1.82) is 0 Å². The van der Waals surface area contributed by atoms with Gasteiger partial charge < -0.3 is 86.6 Å². The number of benzene rings is 8. The van der Waals surface area contributed by atoms with Crippen LogP contribution >= 0.6 is 0 Å². The van der Waals surface area contributed by atoms with Crippen molar-refractivity contribution in [2.24, 2.45) is 11.5 Å². The van der Waals surface area contributed by atoms with E-state index in [1.165, 1.54) is 35.4 Å². The Hall–Kier alpha value is -13.4. The molecule has 0 unspecified atom stereocenters. The number of carbonyl (C=O) groups excluding carboxylic acids is 12. The number of alkyl carbamates (subject to hydrolysis) is 4. The molecule has 8 aromatic carbocycles. The summed E-state index contributed by atoms with van der Waals surface area (Å²) in [7, 11) is 5.86. The monoisotopic (exact) mass is 1720 g/mol.